The van der Waals surface area contributed by atoms with E-state index >= 15 is 0 Å². The molecule has 2 heterocycles. The van der Waals surface area contributed by atoms with Crippen LogP contribution in [0.3, 0.4) is 0 Å². The molecule has 7 nitrogen and oxygen atoms in total. The highest BCUT2D eigenvalue weighted by Crippen LogP contribution is 2.27. The number of benzene rings is 1. The van der Waals surface area contributed by atoms with E-state index in [2.05, 4.69) is 32.3 Å². The molecule has 0 unspecified atom stereocenters. The fourth-order valence-corrected chi connectivity index (χ4v) is 2.37. The van der Waals surface area contributed by atoms with Crippen molar-refractivity contribution in [1.29, 1.82) is 0 Å². The molecule has 0 radical (unpaired) electrons. The Balaban J connectivity index is 1.86. The van der Waals surface area contributed by atoms with Crippen LogP contribution in [0.5, 0.6) is 11.5 Å². The second kappa shape index (κ2) is 5.01. The number of H-pyrrole nitrogens is 1. The van der Waals surface area contributed by atoms with Gasteiger partial charge in [-0.2, -0.15) is 4.98 Å². The standard InChI is InChI=1S/C13H17N5O2/c1-8-7-18(3-2-14-8)13-15-12(16-17-13)9-4-10(19)6-11(20)5-9/h4-6,8,14,19-20H,2-3,7H2,1H3,(H,15,16,17)/t8-/m0/s1. The molecule has 1 aromatic heterocycles. The van der Waals surface area contributed by atoms with Gasteiger partial charge in [0.05, 0.1) is 0 Å². The van der Waals surface area contributed by atoms with Crippen LogP contribution < -0.4 is 10.2 Å². The average molecular weight is 275 g/mol. The third kappa shape index (κ3) is 2.53. The predicted molar refractivity (Wildman–Crippen MR) is 74.8 cm³/mol. The number of piperazine rings is 1. The summed E-state index contributed by atoms with van der Waals surface area (Å²) in [4.78, 5) is 6.53. The molecule has 20 heavy (non-hydrogen) atoms. The first-order valence-corrected chi connectivity index (χ1v) is 6.56. The maximum absolute atomic E-state index is 9.50. The van der Waals surface area contributed by atoms with Crippen molar-refractivity contribution < 1.29 is 10.2 Å². The van der Waals surface area contributed by atoms with Gasteiger partial charge in [0.2, 0.25) is 5.95 Å². The van der Waals surface area contributed by atoms with Crippen LogP contribution in [0.25, 0.3) is 11.4 Å². The maximum atomic E-state index is 9.50. The smallest absolute Gasteiger partial charge is 0.245 e. The number of hydrogen-bond acceptors (Lipinski definition) is 6. The van der Waals surface area contributed by atoms with Crippen LogP contribution in [0.1, 0.15) is 6.92 Å². The number of phenols is 2. The average Bonchev–Trinajstić information content (AvgIpc) is 2.87. The van der Waals surface area contributed by atoms with E-state index < -0.39 is 0 Å². The summed E-state index contributed by atoms with van der Waals surface area (Å²) in [6.07, 6.45) is 0. The third-order valence-corrected chi connectivity index (χ3v) is 3.30. The Kier molecular flexibility index (Phi) is 3.19. The first-order chi connectivity index (χ1) is 9.61. The Labute approximate surface area is 116 Å². The Morgan fingerprint density at radius 1 is 1.25 bits per heavy atom. The molecule has 106 valence electrons. The predicted octanol–water partition coefficient (Wildman–Crippen LogP) is 0.681. The zero-order valence-corrected chi connectivity index (χ0v) is 11.2. The fourth-order valence-electron chi connectivity index (χ4n) is 2.37. The van der Waals surface area contributed by atoms with E-state index in [4.69, 9.17) is 0 Å². The number of nitrogens with zero attached hydrogens (tertiary/aromatic N) is 3. The molecule has 0 amide bonds. The van der Waals surface area contributed by atoms with Crippen molar-refractivity contribution in [3.8, 4) is 22.9 Å². The van der Waals surface area contributed by atoms with E-state index in [-0.39, 0.29) is 11.5 Å². The Bertz CT molecular complexity index is 592. The van der Waals surface area contributed by atoms with Crippen LogP contribution in [-0.4, -0.2) is 51.1 Å². The second-order valence-corrected chi connectivity index (χ2v) is 5.02. The molecule has 1 saturated heterocycles. The fraction of sp³-hybridized carbons (Fsp3) is 0.385. The first kappa shape index (κ1) is 12.7. The van der Waals surface area contributed by atoms with Crippen LogP contribution >= 0.6 is 0 Å². The van der Waals surface area contributed by atoms with Crippen LogP contribution in [0.15, 0.2) is 18.2 Å². The van der Waals surface area contributed by atoms with Gasteiger partial charge in [0.1, 0.15) is 11.5 Å². The highest BCUT2D eigenvalue weighted by Gasteiger charge is 2.19. The van der Waals surface area contributed by atoms with Gasteiger partial charge in [0.15, 0.2) is 5.82 Å². The van der Waals surface area contributed by atoms with E-state index in [0.717, 1.165) is 19.6 Å². The summed E-state index contributed by atoms with van der Waals surface area (Å²) in [6, 6.07) is 4.74. The van der Waals surface area contributed by atoms with Crippen molar-refractivity contribution in [2.75, 3.05) is 24.5 Å². The van der Waals surface area contributed by atoms with Gasteiger partial charge in [0.25, 0.3) is 0 Å². The van der Waals surface area contributed by atoms with Crippen LogP contribution in [0.2, 0.25) is 0 Å². The quantitative estimate of drug-likeness (QED) is 0.643. The maximum Gasteiger partial charge on any atom is 0.245 e. The molecule has 4 N–H and O–H groups in total. The molecular formula is C13H17N5O2. The third-order valence-electron chi connectivity index (χ3n) is 3.30. The van der Waals surface area contributed by atoms with Gasteiger partial charge >= 0.3 is 0 Å². The van der Waals surface area contributed by atoms with Crippen molar-refractivity contribution >= 4 is 5.95 Å². The lowest BCUT2D eigenvalue weighted by atomic mass is 10.2. The summed E-state index contributed by atoms with van der Waals surface area (Å²) in [6.45, 7) is 4.72. The minimum absolute atomic E-state index is 0.00579. The Hall–Kier alpha value is -2.28. The summed E-state index contributed by atoms with van der Waals surface area (Å²) in [5.74, 6) is 1.15. The number of aromatic amines is 1. The molecule has 1 atom stereocenters. The molecule has 0 spiro atoms. The minimum atomic E-state index is -0.00579. The van der Waals surface area contributed by atoms with Gasteiger partial charge in [-0.25, -0.2) is 0 Å². The first-order valence-electron chi connectivity index (χ1n) is 6.56. The zero-order chi connectivity index (χ0) is 14.1. The van der Waals surface area contributed by atoms with Gasteiger partial charge in [-0.05, 0) is 19.1 Å². The Morgan fingerprint density at radius 2 is 2.00 bits per heavy atom. The van der Waals surface area contributed by atoms with E-state index in [1.54, 1.807) is 0 Å². The van der Waals surface area contributed by atoms with Crippen molar-refractivity contribution in [3.05, 3.63) is 18.2 Å². The summed E-state index contributed by atoms with van der Waals surface area (Å²) < 4.78 is 0. The van der Waals surface area contributed by atoms with Gasteiger partial charge in [-0.1, -0.05) is 0 Å². The number of anilines is 1. The van der Waals surface area contributed by atoms with Gasteiger partial charge in [0, 0.05) is 37.3 Å². The van der Waals surface area contributed by atoms with Gasteiger partial charge in [-0.3, -0.25) is 5.10 Å². The SMILES string of the molecule is C[C@H]1CN(c2n[nH]c(-c3cc(O)cc(O)c3)n2)CCN1. The highest BCUT2D eigenvalue weighted by atomic mass is 16.3. The van der Waals surface area contributed by atoms with Crippen molar-refractivity contribution in [3.63, 3.8) is 0 Å². The monoisotopic (exact) mass is 275 g/mol. The zero-order valence-electron chi connectivity index (χ0n) is 11.2. The number of aromatic hydroxyl groups is 2. The summed E-state index contributed by atoms with van der Waals surface area (Å²) in [5.41, 5.74) is 0.601. The van der Waals surface area contributed by atoms with E-state index in [1.807, 2.05) is 0 Å². The van der Waals surface area contributed by atoms with Gasteiger partial charge < -0.3 is 20.4 Å². The summed E-state index contributed by atoms with van der Waals surface area (Å²) in [5, 5.41) is 29.4. The number of hydrogen-bond donors (Lipinski definition) is 4. The molecular weight excluding hydrogens is 258 g/mol. The molecule has 1 aliphatic rings. The van der Waals surface area contributed by atoms with E-state index in [9.17, 15) is 10.2 Å². The minimum Gasteiger partial charge on any atom is -0.508 e. The normalized spacial score (nSPS) is 19.2. The molecule has 1 aliphatic heterocycles. The van der Waals surface area contributed by atoms with Crippen LogP contribution in [0.4, 0.5) is 5.95 Å². The number of phenolic OH excluding ortho intramolecular Hbond substituents is 2. The van der Waals surface area contributed by atoms with E-state index in [0.29, 0.717) is 23.4 Å². The molecule has 2 aromatic rings. The number of rotatable bonds is 2. The molecule has 1 aromatic carbocycles. The molecule has 3 rings (SSSR count). The molecule has 0 aliphatic carbocycles. The molecule has 0 saturated carbocycles. The molecule has 0 bridgehead atoms. The van der Waals surface area contributed by atoms with Crippen LogP contribution in [0, 0.1) is 0 Å². The summed E-state index contributed by atoms with van der Waals surface area (Å²) in [7, 11) is 0. The lowest BCUT2D eigenvalue weighted by molar-refractivity contribution is 0.451. The summed E-state index contributed by atoms with van der Waals surface area (Å²) >= 11 is 0. The lowest BCUT2D eigenvalue weighted by Crippen LogP contribution is -2.49. The van der Waals surface area contributed by atoms with Crippen molar-refractivity contribution in [1.82, 2.24) is 20.5 Å². The molecule has 7 heteroatoms. The second-order valence-electron chi connectivity index (χ2n) is 5.02. The number of nitrogens with one attached hydrogen (secondary N) is 2. The highest BCUT2D eigenvalue weighted by molar-refractivity contribution is 5.61. The van der Waals surface area contributed by atoms with Gasteiger partial charge in [-0.15, -0.1) is 5.10 Å². The largest absolute Gasteiger partial charge is 0.508 e. The van der Waals surface area contributed by atoms with Crippen molar-refractivity contribution in [2.45, 2.75) is 13.0 Å². The van der Waals surface area contributed by atoms with E-state index in [1.165, 1.54) is 18.2 Å². The Morgan fingerprint density at radius 3 is 2.70 bits per heavy atom. The topological polar surface area (TPSA) is 97.3 Å². The van der Waals surface area contributed by atoms with Crippen LogP contribution in [-0.2, 0) is 0 Å². The lowest BCUT2D eigenvalue weighted by Gasteiger charge is -2.30. The molecule has 1 fully saturated rings. The number of aromatic nitrogens is 3. The van der Waals surface area contributed by atoms with Crippen molar-refractivity contribution in [2.24, 2.45) is 0 Å².